The van der Waals surface area contributed by atoms with Crippen molar-refractivity contribution in [2.45, 2.75) is 25.5 Å². The summed E-state index contributed by atoms with van der Waals surface area (Å²) >= 11 is 1.19. The summed E-state index contributed by atoms with van der Waals surface area (Å²) < 4.78 is 20.6. The molecule has 0 saturated carbocycles. The number of para-hydroxylation sites is 1. The molecule has 1 heterocycles. The minimum atomic E-state index is -0.384. The van der Waals surface area contributed by atoms with E-state index in [0.29, 0.717) is 28.0 Å². The van der Waals surface area contributed by atoms with Crippen molar-refractivity contribution in [3.63, 3.8) is 0 Å². The molecule has 0 spiro atoms. The number of hydrogen-bond acceptors (Lipinski definition) is 6. The number of nitrogens with one attached hydrogen (secondary N) is 2. The summed E-state index contributed by atoms with van der Waals surface area (Å²) in [5.41, 5.74) is 3.75. The van der Waals surface area contributed by atoms with Gasteiger partial charge in [-0.15, -0.1) is 10.2 Å². The maximum atomic E-state index is 13.6. The van der Waals surface area contributed by atoms with Crippen LogP contribution in [0.25, 0.3) is 5.69 Å². The fourth-order valence-corrected chi connectivity index (χ4v) is 4.40. The Bertz CT molecular complexity index is 1420. The van der Waals surface area contributed by atoms with Gasteiger partial charge in [-0.25, -0.2) is 4.39 Å². The molecule has 0 radical (unpaired) electrons. The predicted octanol–water partition coefficient (Wildman–Crippen LogP) is 4.69. The van der Waals surface area contributed by atoms with Crippen molar-refractivity contribution in [2.75, 3.05) is 18.2 Å². The van der Waals surface area contributed by atoms with Crippen molar-refractivity contribution < 1.29 is 18.7 Å². The van der Waals surface area contributed by atoms with E-state index >= 15 is 0 Å². The van der Waals surface area contributed by atoms with E-state index in [2.05, 4.69) is 20.8 Å². The van der Waals surface area contributed by atoms with Crippen LogP contribution in [0.5, 0.6) is 5.75 Å². The highest BCUT2D eigenvalue weighted by Gasteiger charge is 2.18. The maximum absolute atomic E-state index is 13.6. The zero-order valence-corrected chi connectivity index (χ0v) is 21.4. The van der Waals surface area contributed by atoms with E-state index in [1.165, 1.54) is 31.0 Å². The molecule has 0 saturated heterocycles. The van der Waals surface area contributed by atoms with Crippen LogP contribution in [-0.4, -0.2) is 39.4 Å². The van der Waals surface area contributed by atoms with Crippen molar-refractivity contribution in [2.24, 2.45) is 0 Å². The first-order valence-electron chi connectivity index (χ1n) is 11.5. The fourth-order valence-electron chi connectivity index (χ4n) is 3.63. The third-order valence-corrected chi connectivity index (χ3v) is 6.47. The van der Waals surface area contributed by atoms with Gasteiger partial charge in [-0.3, -0.25) is 14.2 Å². The van der Waals surface area contributed by atoms with E-state index in [9.17, 15) is 14.0 Å². The lowest BCUT2D eigenvalue weighted by Crippen LogP contribution is -2.25. The molecule has 0 aliphatic carbocycles. The second-order valence-electron chi connectivity index (χ2n) is 8.25. The average Bonchev–Trinajstić information content (AvgIpc) is 3.31. The highest BCUT2D eigenvalue weighted by atomic mass is 32.2. The lowest BCUT2D eigenvalue weighted by atomic mass is 10.1. The van der Waals surface area contributed by atoms with E-state index in [1.54, 1.807) is 41.0 Å². The normalized spacial score (nSPS) is 10.7. The van der Waals surface area contributed by atoms with Gasteiger partial charge in [0.15, 0.2) is 11.0 Å². The maximum Gasteiger partial charge on any atom is 0.255 e. The smallest absolute Gasteiger partial charge is 0.255 e. The summed E-state index contributed by atoms with van der Waals surface area (Å²) in [4.78, 5) is 25.5. The fraction of sp³-hybridized carbons (Fsp3) is 0.185. The minimum Gasteiger partial charge on any atom is -0.496 e. The first-order valence-corrected chi connectivity index (χ1v) is 12.5. The van der Waals surface area contributed by atoms with Crippen LogP contribution in [0.4, 0.5) is 10.1 Å². The highest BCUT2D eigenvalue weighted by molar-refractivity contribution is 7.99. The second kappa shape index (κ2) is 11.7. The zero-order valence-electron chi connectivity index (χ0n) is 20.6. The number of anilines is 1. The quantitative estimate of drug-likeness (QED) is 0.311. The van der Waals surface area contributed by atoms with E-state index in [4.69, 9.17) is 4.74 Å². The molecule has 3 aromatic carbocycles. The first kappa shape index (κ1) is 25.9. The Balaban J connectivity index is 1.52. The molecule has 10 heteroatoms. The molecular formula is C27H26FN5O3S. The molecule has 0 aliphatic rings. The summed E-state index contributed by atoms with van der Waals surface area (Å²) in [7, 11) is 1.50. The summed E-state index contributed by atoms with van der Waals surface area (Å²) in [5.74, 6) is 0.0373. The van der Waals surface area contributed by atoms with Gasteiger partial charge < -0.3 is 15.4 Å². The molecule has 0 unspecified atom stereocenters. The Hall–Kier alpha value is -4.18. The van der Waals surface area contributed by atoms with Gasteiger partial charge in [-0.1, -0.05) is 36.0 Å². The molecule has 2 amide bonds. The lowest BCUT2D eigenvalue weighted by Gasteiger charge is -2.12. The number of amides is 2. The third-order valence-electron chi connectivity index (χ3n) is 5.54. The van der Waals surface area contributed by atoms with E-state index in [0.717, 1.165) is 16.8 Å². The number of ether oxygens (including phenoxy) is 1. The molecular weight excluding hydrogens is 493 g/mol. The number of aryl methyl sites for hydroxylation is 2. The van der Waals surface area contributed by atoms with Crippen LogP contribution in [-0.2, 0) is 11.3 Å². The Labute approximate surface area is 218 Å². The Morgan fingerprint density at radius 1 is 1.03 bits per heavy atom. The number of hydrogen-bond donors (Lipinski definition) is 2. The number of benzene rings is 3. The Kier molecular flexibility index (Phi) is 8.19. The van der Waals surface area contributed by atoms with Crippen molar-refractivity contribution in [3.8, 4) is 11.4 Å². The molecule has 37 heavy (non-hydrogen) atoms. The van der Waals surface area contributed by atoms with Crippen molar-refractivity contribution in [3.05, 3.63) is 95.1 Å². The van der Waals surface area contributed by atoms with Crippen molar-refractivity contribution in [1.82, 2.24) is 20.1 Å². The molecule has 190 valence electrons. The van der Waals surface area contributed by atoms with Crippen LogP contribution < -0.4 is 15.4 Å². The monoisotopic (exact) mass is 519 g/mol. The largest absolute Gasteiger partial charge is 0.496 e. The first-order chi connectivity index (χ1) is 17.9. The third kappa shape index (κ3) is 6.34. The number of halogens is 1. The van der Waals surface area contributed by atoms with Gasteiger partial charge in [-0.2, -0.15) is 0 Å². The second-order valence-corrected chi connectivity index (χ2v) is 9.19. The Morgan fingerprint density at radius 3 is 2.54 bits per heavy atom. The van der Waals surface area contributed by atoms with Crippen molar-refractivity contribution in [1.29, 1.82) is 0 Å². The van der Waals surface area contributed by atoms with Crippen LogP contribution in [0.3, 0.4) is 0 Å². The zero-order chi connectivity index (χ0) is 26.4. The average molecular weight is 520 g/mol. The van der Waals surface area contributed by atoms with Crippen LogP contribution in [0.1, 0.15) is 27.3 Å². The molecule has 8 nitrogen and oxygen atoms in total. The van der Waals surface area contributed by atoms with Crippen LogP contribution >= 0.6 is 11.8 Å². The number of methoxy groups -OCH3 is 1. The predicted molar refractivity (Wildman–Crippen MR) is 141 cm³/mol. The SMILES string of the molecule is COc1ccccc1C(=O)NCc1nnc(SCC(=O)Nc2cc(C)ccc2C)n1-c1ccc(F)cc1. The molecule has 4 rings (SSSR count). The number of rotatable bonds is 9. The van der Waals surface area contributed by atoms with Gasteiger partial charge in [0.05, 0.1) is 25.0 Å². The van der Waals surface area contributed by atoms with Crippen LogP contribution in [0, 0.1) is 19.7 Å². The Morgan fingerprint density at radius 2 is 1.78 bits per heavy atom. The van der Waals surface area contributed by atoms with Gasteiger partial charge in [0, 0.05) is 11.4 Å². The highest BCUT2D eigenvalue weighted by Crippen LogP contribution is 2.24. The van der Waals surface area contributed by atoms with Crippen LogP contribution in [0.15, 0.2) is 71.9 Å². The van der Waals surface area contributed by atoms with Gasteiger partial charge >= 0.3 is 0 Å². The van der Waals surface area contributed by atoms with Gasteiger partial charge in [-0.05, 0) is 67.4 Å². The summed E-state index contributed by atoms with van der Waals surface area (Å²) in [6.45, 7) is 3.94. The number of thioether (sulfide) groups is 1. The molecule has 0 aliphatic heterocycles. The number of nitrogens with zero attached hydrogens (tertiary/aromatic N) is 3. The molecule has 0 atom stereocenters. The summed E-state index contributed by atoms with van der Waals surface area (Å²) in [6, 6.07) is 18.6. The summed E-state index contributed by atoms with van der Waals surface area (Å²) in [6.07, 6.45) is 0. The van der Waals surface area contributed by atoms with Gasteiger partial charge in [0.25, 0.3) is 5.91 Å². The standard InChI is InChI=1S/C27H26FN5O3S/c1-17-8-9-18(2)22(14-17)30-25(34)16-37-27-32-31-24(33(27)20-12-10-19(28)11-13-20)15-29-26(35)21-6-4-5-7-23(21)36-3/h4-14H,15-16H2,1-3H3,(H,29,35)(H,30,34). The van der Waals surface area contributed by atoms with E-state index < -0.39 is 0 Å². The summed E-state index contributed by atoms with van der Waals surface area (Å²) in [5, 5.41) is 14.7. The molecule has 0 fully saturated rings. The molecule has 4 aromatic rings. The van der Waals surface area contributed by atoms with Gasteiger partial charge in [0.2, 0.25) is 5.91 Å². The lowest BCUT2D eigenvalue weighted by molar-refractivity contribution is -0.113. The number of aromatic nitrogens is 3. The molecule has 1 aromatic heterocycles. The minimum absolute atomic E-state index is 0.0521. The van der Waals surface area contributed by atoms with Crippen molar-refractivity contribution >= 4 is 29.3 Å². The topological polar surface area (TPSA) is 98.1 Å². The van der Waals surface area contributed by atoms with E-state index in [-0.39, 0.29) is 29.9 Å². The van der Waals surface area contributed by atoms with Crippen LogP contribution in [0.2, 0.25) is 0 Å². The molecule has 0 bridgehead atoms. The van der Waals surface area contributed by atoms with Gasteiger partial charge in [0.1, 0.15) is 11.6 Å². The van der Waals surface area contributed by atoms with E-state index in [1.807, 2.05) is 32.0 Å². The molecule has 2 N–H and O–H groups in total. The number of carbonyl (C=O) groups excluding carboxylic acids is 2. The number of carbonyl (C=O) groups is 2.